The second-order valence-electron chi connectivity index (χ2n) is 9.96. The first-order chi connectivity index (χ1) is 11.1. The van der Waals surface area contributed by atoms with Crippen molar-refractivity contribution >= 4 is 0 Å². The van der Waals surface area contributed by atoms with Gasteiger partial charge in [0.2, 0.25) is 0 Å². The Morgan fingerprint density at radius 3 is 2.30 bits per heavy atom. The highest BCUT2D eigenvalue weighted by Gasteiger charge is 2.49. The molecule has 7 atom stereocenters. The van der Waals surface area contributed by atoms with E-state index in [0.717, 1.165) is 47.3 Å². The van der Waals surface area contributed by atoms with Crippen LogP contribution < -0.4 is 0 Å². The summed E-state index contributed by atoms with van der Waals surface area (Å²) in [5.41, 5.74) is 0. The van der Waals surface area contributed by atoms with Gasteiger partial charge < -0.3 is 0 Å². The van der Waals surface area contributed by atoms with E-state index < -0.39 is 0 Å². The van der Waals surface area contributed by atoms with Crippen LogP contribution in [0.15, 0.2) is 0 Å². The Balaban J connectivity index is 1.66. The third kappa shape index (κ3) is 3.98. The second kappa shape index (κ2) is 7.92. The Bertz CT molecular complexity index is 351. The number of fused-ring (bicyclic) bond motifs is 1. The zero-order valence-electron chi connectivity index (χ0n) is 16.4. The van der Waals surface area contributed by atoms with Crippen LogP contribution in [0.4, 0.5) is 0 Å². The van der Waals surface area contributed by atoms with Gasteiger partial charge in [-0.15, -0.1) is 0 Å². The van der Waals surface area contributed by atoms with Crippen molar-refractivity contribution in [2.45, 2.75) is 98.3 Å². The van der Waals surface area contributed by atoms with Crippen LogP contribution in [-0.2, 0) is 0 Å². The van der Waals surface area contributed by atoms with Crippen LogP contribution in [0, 0.1) is 47.3 Å². The summed E-state index contributed by atoms with van der Waals surface area (Å²) in [6.07, 6.45) is 16.7. The minimum Gasteiger partial charge on any atom is -0.0654 e. The van der Waals surface area contributed by atoms with Crippen LogP contribution in [-0.4, -0.2) is 0 Å². The lowest BCUT2D eigenvalue weighted by atomic mass is 9.63. The Hall–Kier alpha value is 0. The summed E-state index contributed by atoms with van der Waals surface area (Å²) in [6, 6.07) is 0. The molecule has 3 aliphatic carbocycles. The molecule has 0 aliphatic heterocycles. The quantitative estimate of drug-likeness (QED) is 0.498. The second-order valence-corrected chi connectivity index (χ2v) is 9.96. The van der Waals surface area contributed by atoms with Gasteiger partial charge >= 0.3 is 0 Å². The fourth-order valence-electron chi connectivity index (χ4n) is 7.34. The van der Waals surface area contributed by atoms with Crippen molar-refractivity contribution in [1.29, 1.82) is 0 Å². The van der Waals surface area contributed by atoms with Crippen molar-refractivity contribution < 1.29 is 0 Å². The van der Waals surface area contributed by atoms with Crippen molar-refractivity contribution in [1.82, 2.24) is 0 Å². The molecule has 23 heavy (non-hydrogen) atoms. The molecule has 3 rings (SSSR count). The van der Waals surface area contributed by atoms with Gasteiger partial charge in [0.05, 0.1) is 0 Å². The molecule has 0 saturated heterocycles. The van der Waals surface area contributed by atoms with Crippen LogP contribution in [0.25, 0.3) is 0 Å². The average molecular weight is 319 g/mol. The Morgan fingerprint density at radius 1 is 0.870 bits per heavy atom. The van der Waals surface area contributed by atoms with E-state index in [1.54, 1.807) is 32.1 Å². The zero-order chi connectivity index (χ0) is 16.4. The molecule has 0 amide bonds. The normalized spacial score (nSPS) is 43.3. The molecule has 0 radical (unpaired) electrons. The lowest BCUT2D eigenvalue weighted by Crippen LogP contribution is -2.34. The molecule has 3 aliphatic rings. The topological polar surface area (TPSA) is 0 Å². The lowest BCUT2D eigenvalue weighted by Gasteiger charge is -2.43. The van der Waals surface area contributed by atoms with Gasteiger partial charge in [-0.3, -0.25) is 0 Å². The van der Waals surface area contributed by atoms with Gasteiger partial charge in [-0.1, -0.05) is 72.6 Å². The Morgan fingerprint density at radius 2 is 1.61 bits per heavy atom. The molecular formula is C23H42. The van der Waals surface area contributed by atoms with E-state index in [4.69, 9.17) is 0 Å². The molecule has 0 aromatic carbocycles. The summed E-state index contributed by atoms with van der Waals surface area (Å²) in [5, 5.41) is 0. The van der Waals surface area contributed by atoms with Gasteiger partial charge in [-0.2, -0.15) is 0 Å². The van der Waals surface area contributed by atoms with Crippen LogP contribution in [0.1, 0.15) is 98.3 Å². The molecule has 0 aromatic heterocycles. The van der Waals surface area contributed by atoms with E-state index in [1.165, 1.54) is 38.5 Å². The standard InChI is InChI=1S/C23H42/c1-5-9-16(2)12-19-13-17(3)21-14-18(4)23(22(21)15-19)20-10-7-6-8-11-20/h16-23H,5-15H2,1-4H3. The molecule has 0 spiro atoms. The van der Waals surface area contributed by atoms with Gasteiger partial charge in [0, 0.05) is 0 Å². The maximum Gasteiger partial charge on any atom is -0.0329 e. The summed E-state index contributed by atoms with van der Waals surface area (Å²) in [5.74, 6) is 8.38. The number of hydrogen-bond acceptors (Lipinski definition) is 0. The maximum absolute atomic E-state index is 2.61. The van der Waals surface area contributed by atoms with Crippen molar-refractivity contribution in [2.75, 3.05) is 0 Å². The molecule has 0 N–H and O–H groups in total. The molecular weight excluding hydrogens is 276 g/mol. The fourth-order valence-corrected chi connectivity index (χ4v) is 7.34. The van der Waals surface area contributed by atoms with Crippen LogP contribution >= 0.6 is 0 Å². The molecule has 0 bridgehead atoms. The highest BCUT2D eigenvalue weighted by Crippen LogP contribution is 2.57. The highest BCUT2D eigenvalue weighted by atomic mass is 14.5. The third-order valence-corrected chi connectivity index (χ3v) is 8.10. The first-order valence-electron chi connectivity index (χ1n) is 11.1. The van der Waals surface area contributed by atoms with E-state index in [0.29, 0.717) is 0 Å². The first-order valence-corrected chi connectivity index (χ1v) is 11.1. The van der Waals surface area contributed by atoms with Gasteiger partial charge in [0.25, 0.3) is 0 Å². The summed E-state index contributed by atoms with van der Waals surface area (Å²) in [4.78, 5) is 0. The first kappa shape index (κ1) is 17.8. The van der Waals surface area contributed by atoms with Gasteiger partial charge in [-0.25, -0.2) is 0 Å². The van der Waals surface area contributed by atoms with Crippen molar-refractivity contribution in [3.63, 3.8) is 0 Å². The molecule has 3 fully saturated rings. The summed E-state index contributed by atoms with van der Waals surface area (Å²) < 4.78 is 0. The van der Waals surface area contributed by atoms with E-state index in [2.05, 4.69) is 27.7 Å². The predicted molar refractivity (Wildman–Crippen MR) is 101 cm³/mol. The largest absolute Gasteiger partial charge is 0.0654 e. The van der Waals surface area contributed by atoms with Crippen LogP contribution in [0.3, 0.4) is 0 Å². The smallest absolute Gasteiger partial charge is 0.0329 e. The summed E-state index contributed by atoms with van der Waals surface area (Å²) in [7, 11) is 0. The van der Waals surface area contributed by atoms with E-state index >= 15 is 0 Å². The van der Waals surface area contributed by atoms with Crippen molar-refractivity contribution in [3.05, 3.63) is 0 Å². The average Bonchev–Trinajstić information content (AvgIpc) is 2.85. The van der Waals surface area contributed by atoms with E-state index in [-0.39, 0.29) is 0 Å². The fraction of sp³-hybridized carbons (Fsp3) is 1.00. The van der Waals surface area contributed by atoms with Crippen molar-refractivity contribution in [2.24, 2.45) is 47.3 Å². The van der Waals surface area contributed by atoms with Gasteiger partial charge in [0.15, 0.2) is 0 Å². The highest BCUT2D eigenvalue weighted by molar-refractivity contribution is 4.98. The van der Waals surface area contributed by atoms with Crippen LogP contribution in [0.5, 0.6) is 0 Å². The molecule has 0 aromatic rings. The number of rotatable bonds is 5. The minimum absolute atomic E-state index is 0.959. The molecule has 0 heterocycles. The third-order valence-electron chi connectivity index (χ3n) is 8.10. The van der Waals surface area contributed by atoms with E-state index in [9.17, 15) is 0 Å². The summed E-state index contributed by atoms with van der Waals surface area (Å²) >= 11 is 0. The monoisotopic (exact) mass is 318 g/mol. The molecule has 3 saturated carbocycles. The van der Waals surface area contributed by atoms with E-state index in [1.807, 2.05) is 0 Å². The van der Waals surface area contributed by atoms with Gasteiger partial charge in [0.1, 0.15) is 0 Å². The molecule has 0 nitrogen and oxygen atoms in total. The zero-order valence-corrected chi connectivity index (χ0v) is 16.4. The maximum atomic E-state index is 2.61. The summed E-state index contributed by atoms with van der Waals surface area (Å²) in [6.45, 7) is 10.1. The molecule has 0 heteroatoms. The SMILES string of the molecule is CCCC(C)CC1CC(C)C2CC(C)C(C3CCCCC3)C2C1. The predicted octanol–water partition coefficient (Wildman–Crippen LogP) is 7.33. The lowest BCUT2D eigenvalue weighted by molar-refractivity contribution is 0.0692. The molecule has 7 unspecified atom stereocenters. The molecule has 134 valence electrons. The minimum atomic E-state index is 0.959. The Kier molecular flexibility index (Phi) is 6.13. The van der Waals surface area contributed by atoms with Crippen molar-refractivity contribution in [3.8, 4) is 0 Å². The van der Waals surface area contributed by atoms with Gasteiger partial charge in [-0.05, 0) is 73.0 Å². The Labute approximate surface area is 146 Å². The van der Waals surface area contributed by atoms with Crippen LogP contribution in [0.2, 0.25) is 0 Å². The number of hydrogen-bond donors (Lipinski definition) is 0.